The summed E-state index contributed by atoms with van der Waals surface area (Å²) in [6, 6.07) is 7.68. The summed E-state index contributed by atoms with van der Waals surface area (Å²) in [5.74, 6) is 0.0843. The quantitative estimate of drug-likeness (QED) is 0.861. The molecule has 1 amide bonds. The molecule has 1 saturated heterocycles. The summed E-state index contributed by atoms with van der Waals surface area (Å²) in [6.07, 6.45) is 2.62. The van der Waals surface area contributed by atoms with Gasteiger partial charge in [0.1, 0.15) is 0 Å². The Kier molecular flexibility index (Phi) is 4.40. The van der Waals surface area contributed by atoms with Crippen LogP contribution in [0, 0.1) is 0 Å². The maximum Gasteiger partial charge on any atom is 0.224 e. The van der Waals surface area contributed by atoms with Gasteiger partial charge in [-0.1, -0.05) is 23.7 Å². The van der Waals surface area contributed by atoms with E-state index in [1.54, 1.807) is 0 Å². The monoisotopic (exact) mass is 252 g/mol. The Morgan fingerprint density at radius 1 is 1.41 bits per heavy atom. The van der Waals surface area contributed by atoms with Crippen molar-refractivity contribution in [3.8, 4) is 0 Å². The number of piperidine rings is 1. The van der Waals surface area contributed by atoms with Gasteiger partial charge in [-0.05, 0) is 37.1 Å². The Hall–Kier alpha value is -1.06. The van der Waals surface area contributed by atoms with Crippen molar-refractivity contribution in [2.24, 2.45) is 0 Å². The molecule has 4 heteroatoms. The first-order valence-electron chi connectivity index (χ1n) is 5.98. The Labute approximate surface area is 107 Å². The van der Waals surface area contributed by atoms with Crippen LogP contribution in [-0.2, 0) is 11.2 Å². The van der Waals surface area contributed by atoms with Crippen molar-refractivity contribution in [3.63, 3.8) is 0 Å². The van der Waals surface area contributed by atoms with Gasteiger partial charge in [0.15, 0.2) is 0 Å². The van der Waals surface area contributed by atoms with E-state index >= 15 is 0 Å². The van der Waals surface area contributed by atoms with Crippen LogP contribution in [0.5, 0.6) is 0 Å². The third-order valence-electron chi connectivity index (χ3n) is 2.94. The van der Waals surface area contributed by atoms with Gasteiger partial charge >= 0.3 is 0 Å². The van der Waals surface area contributed by atoms with Gasteiger partial charge in [-0.15, -0.1) is 0 Å². The highest BCUT2D eigenvalue weighted by Gasteiger charge is 2.15. The van der Waals surface area contributed by atoms with Gasteiger partial charge in [0.05, 0.1) is 6.42 Å². The predicted octanol–water partition coefficient (Wildman–Crippen LogP) is 1.75. The van der Waals surface area contributed by atoms with Crippen molar-refractivity contribution >= 4 is 17.5 Å². The molecule has 0 aliphatic carbocycles. The van der Waals surface area contributed by atoms with E-state index in [0.717, 1.165) is 31.5 Å². The maximum absolute atomic E-state index is 11.8. The van der Waals surface area contributed by atoms with Crippen molar-refractivity contribution in [1.29, 1.82) is 0 Å². The highest BCUT2D eigenvalue weighted by molar-refractivity contribution is 6.30. The molecule has 3 nitrogen and oxygen atoms in total. The third-order valence-corrected chi connectivity index (χ3v) is 3.19. The van der Waals surface area contributed by atoms with Crippen LogP contribution in [0.4, 0.5) is 0 Å². The second-order valence-corrected chi connectivity index (χ2v) is 4.85. The molecule has 0 saturated carbocycles. The molecule has 0 radical (unpaired) electrons. The fraction of sp³-hybridized carbons (Fsp3) is 0.462. The Morgan fingerprint density at radius 3 is 2.82 bits per heavy atom. The summed E-state index contributed by atoms with van der Waals surface area (Å²) >= 11 is 5.80. The lowest BCUT2D eigenvalue weighted by atomic mass is 10.1. The minimum atomic E-state index is 0.0843. The Bertz CT molecular complexity index is 372. The SMILES string of the molecule is O=C(Cc1ccc(Cl)cc1)N[C@H]1CCCNC1. The van der Waals surface area contributed by atoms with E-state index in [2.05, 4.69) is 10.6 Å². The van der Waals surface area contributed by atoms with Crippen molar-refractivity contribution in [2.75, 3.05) is 13.1 Å². The number of nitrogens with one attached hydrogen (secondary N) is 2. The molecular formula is C13H17ClN2O. The van der Waals surface area contributed by atoms with E-state index in [4.69, 9.17) is 11.6 Å². The largest absolute Gasteiger partial charge is 0.352 e. The highest BCUT2D eigenvalue weighted by atomic mass is 35.5. The molecule has 0 spiro atoms. The van der Waals surface area contributed by atoms with Gasteiger partial charge in [0.2, 0.25) is 5.91 Å². The average Bonchev–Trinajstić information content (AvgIpc) is 2.33. The topological polar surface area (TPSA) is 41.1 Å². The number of halogens is 1. The maximum atomic E-state index is 11.8. The molecule has 17 heavy (non-hydrogen) atoms. The zero-order valence-electron chi connectivity index (χ0n) is 9.71. The number of hydrogen-bond donors (Lipinski definition) is 2. The van der Waals surface area contributed by atoms with Crippen LogP contribution >= 0.6 is 11.6 Å². The minimum absolute atomic E-state index is 0.0843. The molecule has 0 bridgehead atoms. The Balaban J connectivity index is 1.82. The molecule has 1 heterocycles. The zero-order valence-corrected chi connectivity index (χ0v) is 10.5. The fourth-order valence-corrected chi connectivity index (χ4v) is 2.17. The summed E-state index contributed by atoms with van der Waals surface area (Å²) in [7, 11) is 0. The number of benzene rings is 1. The van der Waals surface area contributed by atoms with Crippen molar-refractivity contribution in [1.82, 2.24) is 10.6 Å². The van der Waals surface area contributed by atoms with E-state index in [1.165, 1.54) is 0 Å². The number of rotatable bonds is 3. The normalized spacial score (nSPS) is 19.9. The molecule has 2 N–H and O–H groups in total. The standard InChI is InChI=1S/C13H17ClN2O/c14-11-5-3-10(4-6-11)8-13(17)16-12-2-1-7-15-9-12/h3-6,12,15H,1-2,7-9H2,(H,16,17)/t12-/m0/s1. The average molecular weight is 253 g/mol. The molecule has 1 fully saturated rings. The lowest BCUT2D eigenvalue weighted by Crippen LogP contribution is -2.46. The van der Waals surface area contributed by atoms with Crippen molar-refractivity contribution in [2.45, 2.75) is 25.3 Å². The summed E-state index contributed by atoms with van der Waals surface area (Å²) in [5, 5.41) is 7.03. The van der Waals surface area contributed by atoms with E-state index in [9.17, 15) is 4.79 Å². The van der Waals surface area contributed by atoms with Gasteiger partial charge in [0.25, 0.3) is 0 Å². The first-order valence-corrected chi connectivity index (χ1v) is 6.36. The van der Waals surface area contributed by atoms with Gasteiger partial charge < -0.3 is 10.6 Å². The molecule has 0 unspecified atom stereocenters. The van der Waals surface area contributed by atoms with Crippen molar-refractivity contribution < 1.29 is 4.79 Å². The van der Waals surface area contributed by atoms with Crippen LogP contribution in [0.3, 0.4) is 0 Å². The molecule has 1 aromatic rings. The molecule has 1 atom stereocenters. The van der Waals surface area contributed by atoms with Crippen LogP contribution in [0.1, 0.15) is 18.4 Å². The summed E-state index contributed by atoms with van der Waals surface area (Å²) in [4.78, 5) is 11.8. The first kappa shape index (κ1) is 12.4. The minimum Gasteiger partial charge on any atom is -0.352 e. The number of hydrogen-bond acceptors (Lipinski definition) is 2. The van der Waals surface area contributed by atoms with E-state index in [1.807, 2.05) is 24.3 Å². The number of amides is 1. The van der Waals surface area contributed by atoms with E-state index in [0.29, 0.717) is 11.4 Å². The highest BCUT2D eigenvalue weighted by Crippen LogP contribution is 2.10. The smallest absolute Gasteiger partial charge is 0.224 e. The lowest BCUT2D eigenvalue weighted by molar-refractivity contribution is -0.121. The molecular weight excluding hydrogens is 236 g/mol. The van der Waals surface area contributed by atoms with Crippen LogP contribution in [-0.4, -0.2) is 25.0 Å². The summed E-state index contributed by atoms with van der Waals surface area (Å²) < 4.78 is 0. The molecule has 1 aromatic carbocycles. The zero-order chi connectivity index (χ0) is 12.1. The molecule has 1 aliphatic heterocycles. The molecule has 0 aromatic heterocycles. The molecule has 92 valence electrons. The van der Waals surface area contributed by atoms with Gasteiger partial charge in [-0.25, -0.2) is 0 Å². The predicted molar refractivity (Wildman–Crippen MR) is 69.2 cm³/mol. The first-order chi connectivity index (χ1) is 8.24. The number of carbonyl (C=O) groups is 1. The van der Waals surface area contributed by atoms with Gasteiger partial charge in [0, 0.05) is 17.6 Å². The number of carbonyl (C=O) groups excluding carboxylic acids is 1. The Morgan fingerprint density at radius 2 is 2.18 bits per heavy atom. The van der Waals surface area contributed by atoms with Crippen LogP contribution in [0.2, 0.25) is 5.02 Å². The molecule has 1 aliphatic rings. The fourth-order valence-electron chi connectivity index (χ4n) is 2.04. The summed E-state index contributed by atoms with van der Waals surface area (Å²) in [5.41, 5.74) is 0.996. The second-order valence-electron chi connectivity index (χ2n) is 4.41. The third kappa shape index (κ3) is 4.02. The molecule has 2 rings (SSSR count). The van der Waals surface area contributed by atoms with Crippen LogP contribution < -0.4 is 10.6 Å². The van der Waals surface area contributed by atoms with E-state index in [-0.39, 0.29) is 11.9 Å². The van der Waals surface area contributed by atoms with Gasteiger partial charge in [-0.3, -0.25) is 4.79 Å². The van der Waals surface area contributed by atoms with Gasteiger partial charge in [-0.2, -0.15) is 0 Å². The van der Waals surface area contributed by atoms with Crippen LogP contribution in [0.25, 0.3) is 0 Å². The second kappa shape index (κ2) is 6.03. The van der Waals surface area contributed by atoms with E-state index < -0.39 is 0 Å². The van der Waals surface area contributed by atoms with Crippen LogP contribution in [0.15, 0.2) is 24.3 Å². The lowest BCUT2D eigenvalue weighted by Gasteiger charge is -2.23. The summed E-state index contributed by atoms with van der Waals surface area (Å²) in [6.45, 7) is 1.94. The van der Waals surface area contributed by atoms with Crippen molar-refractivity contribution in [3.05, 3.63) is 34.9 Å².